The fraction of sp³-hybridized carbons (Fsp3) is 0.214. The Kier molecular flexibility index (Phi) is 5.41. The predicted octanol–water partition coefficient (Wildman–Crippen LogP) is 2.29. The smallest absolute Gasteiger partial charge is 0.227 e. The number of primary amides is 1. The lowest BCUT2D eigenvalue weighted by Gasteiger charge is -2.07. The van der Waals surface area contributed by atoms with Crippen molar-refractivity contribution in [2.75, 3.05) is 5.75 Å². The highest BCUT2D eigenvalue weighted by molar-refractivity contribution is 7.99. The molecule has 0 spiro atoms. The number of allylic oxidation sites excluding steroid dienone is 1. The van der Waals surface area contributed by atoms with Crippen LogP contribution in [0.5, 0.6) is 0 Å². The summed E-state index contributed by atoms with van der Waals surface area (Å²) in [7, 11) is 0. The first-order chi connectivity index (χ1) is 10.1. The highest BCUT2D eigenvalue weighted by Gasteiger charge is 2.13. The van der Waals surface area contributed by atoms with E-state index in [1.165, 1.54) is 11.8 Å². The van der Waals surface area contributed by atoms with Crippen LogP contribution in [0.15, 0.2) is 42.1 Å². The first-order valence-corrected chi connectivity index (χ1v) is 7.65. The van der Waals surface area contributed by atoms with Gasteiger partial charge in [0.2, 0.25) is 5.91 Å². The van der Waals surface area contributed by atoms with Crippen molar-refractivity contribution in [1.82, 2.24) is 14.8 Å². The van der Waals surface area contributed by atoms with Gasteiger partial charge in [0.1, 0.15) is 5.82 Å². The van der Waals surface area contributed by atoms with Crippen LogP contribution >= 0.6 is 23.4 Å². The molecular formula is C14H15ClN4OS. The first-order valence-electron chi connectivity index (χ1n) is 6.28. The molecule has 21 heavy (non-hydrogen) atoms. The number of hydrogen-bond acceptors (Lipinski definition) is 4. The quantitative estimate of drug-likeness (QED) is 0.627. The normalized spacial score (nSPS) is 10.5. The number of amides is 1. The van der Waals surface area contributed by atoms with Crippen LogP contribution in [-0.2, 0) is 17.8 Å². The number of carbonyl (C=O) groups is 1. The minimum atomic E-state index is -0.382. The number of rotatable bonds is 7. The van der Waals surface area contributed by atoms with Crippen molar-refractivity contribution in [3.63, 3.8) is 0 Å². The van der Waals surface area contributed by atoms with E-state index < -0.39 is 0 Å². The van der Waals surface area contributed by atoms with Crippen LogP contribution in [0.1, 0.15) is 11.4 Å². The van der Waals surface area contributed by atoms with Gasteiger partial charge < -0.3 is 10.3 Å². The molecule has 0 aliphatic heterocycles. The van der Waals surface area contributed by atoms with E-state index in [1.807, 2.05) is 28.8 Å². The van der Waals surface area contributed by atoms with E-state index in [9.17, 15) is 4.79 Å². The van der Waals surface area contributed by atoms with Crippen molar-refractivity contribution in [2.24, 2.45) is 5.73 Å². The van der Waals surface area contributed by atoms with Crippen molar-refractivity contribution < 1.29 is 4.79 Å². The standard InChI is InChI=1S/C14H15ClN4OS/c1-2-7-19-13(8-10-3-5-11(15)6-4-10)17-18-14(19)21-9-12(16)20/h2-6H,1,7-9H2,(H2,16,20). The summed E-state index contributed by atoms with van der Waals surface area (Å²) >= 11 is 7.15. The van der Waals surface area contributed by atoms with Crippen LogP contribution in [0.25, 0.3) is 0 Å². The molecule has 0 saturated heterocycles. The van der Waals surface area contributed by atoms with Crippen LogP contribution in [0, 0.1) is 0 Å². The monoisotopic (exact) mass is 322 g/mol. The van der Waals surface area contributed by atoms with Crippen LogP contribution in [0.4, 0.5) is 0 Å². The first kappa shape index (κ1) is 15.6. The number of thioether (sulfide) groups is 1. The molecule has 0 aliphatic rings. The van der Waals surface area contributed by atoms with Gasteiger partial charge in [-0.25, -0.2) is 0 Å². The zero-order valence-electron chi connectivity index (χ0n) is 11.3. The van der Waals surface area contributed by atoms with E-state index in [-0.39, 0.29) is 11.7 Å². The van der Waals surface area contributed by atoms with Gasteiger partial charge >= 0.3 is 0 Å². The zero-order valence-corrected chi connectivity index (χ0v) is 12.9. The van der Waals surface area contributed by atoms with E-state index >= 15 is 0 Å². The highest BCUT2D eigenvalue weighted by Crippen LogP contribution is 2.19. The average molecular weight is 323 g/mol. The van der Waals surface area contributed by atoms with E-state index in [0.717, 1.165) is 11.4 Å². The van der Waals surface area contributed by atoms with Crippen LogP contribution in [0.3, 0.4) is 0 Å². The largest absolute Gasteiger partial charge is 0.369 e. The Morgan fingerprint density at radius 1 is 1.38 bits per heavy atom. The Balaban J connectivity index is 2.20. The van der Waals surface area contributed by atoms with Gasteiger partial charge in [-0.2, -0.15) is 0 Å². The molecule has 7 heteroatoms. The molecule has 2 rings (SSSR count). The molecule has 0 atom stereocenters. The van der Waals surface area contributed by atoms with Crippen molar-refractivity contribution >= 4 is 29.3 Å². The molecule has 1 aromatic carbocycles. The number of aromatic nitrogens is 3. The molecule has 0 saturated carbocycles. The molecule has 1 heterocycles. The third kappa shape index (κ3) is 4.34. The summed E-state index contributed by atoms with van der Waals surface area (Å²) in [5.41, 5.74) is 6.25. The van der Waals surface area contributed by atoms with Gasteiger partial charge in [-0.3, -0.25) is 4.79 Å². The summed E-state index contributed by atoms with van der Waals surface area (Å²) < 4.78 is 1.93. The molecule has 110 valence electrons. The van der Waals surface area contributed by atoms with Crippen molar-refractivity contribution in [3.05, 3.63) is 53.3 Å². The summed E-state index contributed by atoms with van der Waals surface area (Å²) in [5, 5.41) is 9.67. The van der Waals surface area contributed by atoms with Crippen LogP contribution < -0.4 is 5.73 Å². The minimum absolute atomic E-state index is 0.177. The molecule has 2 N–H and O–H groups in total. The van der Waals surface area contributed by atoms with Gasteiger partial charge in [-0.1, -0.05) is 41.6 Å². The number of hydrogen-bond donors (Lipinski definition) is 1. The fourth-order valence-electron chi connectivity index (χ4n) is 1.79. The second-order valence-electron chi connectivity index (χ2n) is 4.36. The lowest BCUT2D eigenvalue weighted by atomic mass is 10.1. The minimum Gasteiger partial charge on any atom is -0.369 e. The molecule has 0 bridgehead atoms. The summed E-state index contributed by atoms with van der Waals surface area (Å²) in [4.78, 5) is 10.9. The van der Waals surface area contributed by atoms with Gasteiger partial charge in [-0.05, 0) is 17.7 Å². The maximum atomic E-state index is 10.9. The van der Waals surface area contributed by atoms with E-state index in [0.29, 0.717) is 23.1 Å². The topological polar surface area (TPSA) is 73.8 Å². The maximum absolute atomic E-state index is 10.9. The molecule has 2 aromatic rings. The van der Waals surface area contributed by atoms with E-state index in [4.69, 9.17) is 17.3 Å². The maximum Gasteiger partial charge on any atom is 0.227 e. The SMILES string of the molecule is C=CCn1c(Cc2ccc(Cl)cc2)nnc1SCC(N)=O. The number of halogens is 1. The number of carbonyl (C=O) groups excluding carboxylic acids is 1. The third-order valence-corrected chi connectivity index (χ3v) is 3.97. The molecule has 1 aromatic heterocycles. The lowest BCUT2D eigenvalue weighted by Crippen LogP contribution is -2.14. The summed E-state index contributed by atoms with van der Waals surface area (Å²) in [6.45, 7) is 4.32. The Morgan fingerprint density at radius 3 is 2.71 bits per heavy atom. The molecule has 1 amide bonds. The van der Waals surface area contributed by atoms with Gasteiger partial charge in [0.15, 0.2) is 5.16 Å². The van der Waals surface area contributed by atoms with Crippen LogP contribution in [0.2, 0.25) is 5.02 Å². The van der Waals surface area contributed by atoms with Crippen LogP contribution in [-0.4, -0.2) is 26.4 Å². The third-order valence-electron chi connectivity index (χ3n) is 2.72. The Labute approximate surface area is 132 Å². The van der Waals surface area contributed by atoms with Gasteiger partial charge in [0.05, 0.1) is 5.75 Å². The molecule has 0 unspecified atom stereocenters. The summed E-state index contributed by atoms with van der Waals surface area (Å²) in [6.07, 6.45) is 2.40. The van der Waals surface area contributed by atoms with E-state index in [1.54, 1.807) is 6.08 Å². The number of nitrogens with two attached hydrogens (primary N) is 1. The zero-order chi connectivity index (χ0) is 15.2. The fourth-order valence-corrected chi connectivity index (χ4v) is 2.62. The van der Waals surface area contributed by atoms with Crippen molar-refractivity contribution in [3.8, 4) is 0 Å². The average Bonchev–Trinajstić information content (AvgIpc) is 2.82. The second kappa shape index (κ2) is 7.28. The Bertz CT molecular complexity index is 639. The number of nitrogens with zero attached hydrogens (tertiary/aromatic N) is 3. The number of benzene rings is 1. The lowest BCUT2D eigenvalue weighted by molar-refractivity contribution is -0.115. The molecular weight excluding hydrogens is 308 g/mol. The van der Waals surface area contributed by atoms with Gasteiger partial charge in [0.25, 0.3) is 0 Å². The Morgan fingerprint density at radius 2 is 2.10 bits per heavy atom. The summed E-state index contributed by atoms with van der Waals surface area (Å²) in [5.74, 6) is 0.604. The second-order valence-corrected chi connectivity index (χ2v) is 5.74. The predicted molar refractivity (Wildman–Crippen MR) is 84.4 cm³/mol. The van der Waals surface area contributed by atoms with Gasteiger partial charge in [-0.15, -0.1) is 16.8 Å². The summed E-state index contributed by atoms with van der Waals surface area (Å²) in [6, 6.07) is 7.58. The molecule has 0 fully saturated rings. The molecule has 0 radical (unpaired) electrons. The molecule has 5 nitrogen and oxygen atoms in total. The highest BCUT2D eigenvalue weighted by atomic mass is 35.5. The molecule has 0 aliphatic carbocycles. The Hall–Kier alpha value is -1.79. The van der Waals surface area contributed by atoms with Crippen molar-refractivity contribution in [2.45, 2.75) is 18.1 Å². The van der Waals surface area contributed by atoms with Gasteiger partial charge in [0, 0.05) is 18.0 Å². The van der Waals surface area contributed by atoms with Crippen molar-refractivity contribution in [1.29, 1.82) is 0 Å². The van der Waals surface area contributed by atoms with E-state index in [2.05, 4.69) is 16.8 Å².